The summed E-state index contributed by atoms with van der Waals surface area (Å²) >= 11 is 6.37. The van der Waals surface area contributed by atoms with Gasteiger partial charge in [-0.15, -0.1) is 11.6 Å². The maximum atomic E-state index is 6.37. The van der Waals surface area contributed by atoms with Crippen molar-refractivity contribution in [3.8, 4) is 0 Å². The third-order valence-corrected chi connectivity index (χ3v) is 4.85. The second-order valence-corrected chi connectivity index (χ2v) is 6.21. The van der Waals surface area contributed by atoms with Crippen molar-refractivity contribution in [1.29, 1.82) is 0 Å². The highest BCUT2D eigenvalue weighted by Gasteiger charge is 2.55. The summed E-state index contributed by atoms with van der Waals surface area (Å²) in [6.07, 6.45) is 8.04. The summed E-state index contributed by atoms with van der Waals surface area (Å²) in [4.78, 5) is 0. The van der Waals surface area contributed by atoms with Crippen LogP contribution in [0, 0.1) is 11.3 Å². The molecule has 2 rings (SSSR count). The van der Waals surface area contributed by atoms with E-state index in [0.29, 0.717) is 16.9 Å². The molecule has 2 atom stereocenters. The maximum absolute atomic E-state index is 6.37. The van der Waals surface area contributed by atoms with Gasteiger partial charge in [-0.05, 0) is 31.6 Å². The summed E-state index contributed by atoms with van der Waals surface area (Å²) in [6, 6.07) is 0. The van der Waals surface area contributed by atoms with E-state index in [2.05, 4.69) is 13.8 Å². The van der Waals surface area contributed by atoms with Crippen molar-refractivity contribution in [1.82, 2.24) is 0 Å². The van der Waals surface area contributed by atoms with Crippen molar-refractivity contribution in [3.05, 3.63) is 0 Å². The number of rotatable bonds is 4. The molecule has 0 radical (unpaired) electrons. The summed E-state index contributed by atoms with van der Waals surface area (Å²) in [5.41, 5.74) is 0.374. The Labute approximate surface area is 98.5 Å². The largest absolute Gasteiger partial charge is 0.378 e. The van der Waals surface area contributed by atoms with E-state index in [4.69, 9.17) is 16.3 Å². The van der Waals surface area contributed by atoms with E-state index < -0.39 is 0 Å². The van der Waals surface area contributed by atoms with Crippen molar-refractivity contribution in [2.24, 2.45) is 11.3 Å². The Morgan fingerprint density at radius 1 is 1.33 bits per heavy atom. The lowest BCUT2D eigenvalue weighted by Crippen LogP contribution is -2.54. The van der Waals surface area contributed by atoms with Gasteiger partial charge in [0.25, 0.3) is 0 Å². The molecule has 88 valence electrons. The zero-order valence-electron chi connectivity index (χ0n) is 9.97. The van der Waals surface area contributed by atoms with Gasteiger partial charge in [0, 0.05) is 17.4 Å². The highest BCUT2D eigenvalue weighted by molar-refractivity contribution is 6.21. The molecular formula is C13H23ClO. The summed E-state index contributed by atoms with van der Waals surface area (Å²) in [5.74, 6) is 0.747. The van der Waals surface area contributed by atoms with Crippen molar-refractivity contribution in [2.45, 2.75) is 63.9 Å². The van der Waals surface area contributed by atoms with Crippen LogP contribution in [0.3, 0.4) is 0 Å². The summed E-state index contributed by atoms with van der Waals surface area (Å²) in [6.45, 7) is 5.42. The Bertz CT molecular complexity index is 209. The molecule has 0 aromatic rings. The van der Waals surface area contributed by atoms with Gasteiger partial charge in [0.05, 0.1) is 6.10 Å². The van der Waals surface area contributed by atoms with E-state index in [1.165, 1.54) is 32.1 Å². The van der Waals surface area contributed by atoms with Crippen molar-refractivity contribution >= 4 is 11.6 Å². The quantitative estimate of drug-likeness (QED) is 0.664. The maximum Gasteiger partial charge on any atom is 0.0659 e. The van der Waals surface area contributed by atoms with Crippen LogP contribution in [0.1, 0.15) is 52.4 Å². The summed E-state index contributed by atoms with van der Waals surface area (Å²) in [5, 5.41) is 0.393. The van der Waals surface area contributed by atoms with E-state index in [9.17, 15) is 0 Å². The normalized spacial score (nSPS) is 33.6. The predicted molar refractivity (Wildman–Crippen MR) is 64.4 cm³/mol. The van der Waals surface area contributed by atoms with E-state index in [1.54, 1.807) is 0 Å². The molecule has 0 saturated heterocycles. The van der Waals surface area contributed by atoms with E-state index in [1.807, 2.05) is 0 Å². The smallest absolute Gasteiger partial charge is 0.0659 e. The van der Waals surface area contributed by atoms with Gasteiger partial charge in [0.1, 0.15) is 0 Å². The molecule has 2 aliphatic rings. The summed E-state index contributed by atoms with van der Waals surface area (Å²) < 4.78 is 6.01. The van der Waals surface area contributed by atoms with Crippen LogP contribution in [0.5, 0.6) is 0 Å². The lowest BCUT2D eigenvalue weighted by atomic mass is 9.64. The first-order valence-corrected chi connectivity index (χ1v) is 6.84. The standard InChI is InChI=1S/C13H23ClO/c1-10(2)5-8-15-12-9-11(14)13(12)6-3-4-7-13/h10-12H,3-9H2,1-2H3. The average molecular weight is 231 g/mol. The molecule has 2 heteroatoms. The molecule has 15 heavy (non-hydrogen) atoms. The predicted octanol–water partition coefficient (Wildman–Crippen LogP) is 3.99. The number of hydrogen-bond acceptors (Lipinski definition) is 1. The third kappa shape index (κ3) is 2.19. The van der Waals surface area contributed by atoms with Crippen LogP contribution >= 0.6 is 11.6 Å². The molecular weight excluding hydrogens is 208 g/mol. The van der Waals surface area contributed by atoms with Gasteiger partial charge in [0.15, 0.2) is 0 Å². The van der Waals surface area contributed by atoms with E-state index >= 15 is 0 Å². The average Bonchev–Trinajstić information content (AvgIpc) is 2.67. The highest BCUT2D eigenvalue weighted by atomic mass is 35.5. The molecule has 1 spiro atoms. The van der Waals surface area contributed by atoms with Crippen LogP contribution in [0.25, 0.3) is 0 Å². The van der Waals surface area contributed by atoms with Gasteiger partial charge < -0.3 is 4.74 Å². The second-order valence-electron chi connectivity index (χ2n) is 5.69. The van der Waals surface area contributed by atoms with Crippen LogP contribution in [0.4, 0.5) is 0 Å². The zero-order valence-corrected chi connectivity index (χ0v) is 10.7. The fourth-order valence-electron chi connectivity index (χ4n) is 3.05. The van der Waals surface area contributed by atoms with Crippen LogP contribution < -0.4 is 0 Å². The Balaban J connectivity index is 1.78. The number of hydrogen-bond donors (Lipinski definition) is 0. The molecule has 1 nitrogen and oxygen atoms in total. The first kappa shape index (κ1) is 11.7. The number of halogens is 1. The van der Waals surface area contributed by atoms with Gasteiger partial charge in [-0.25, -0.2) is 0 Å². The van der Waals surface area contributed by atoms with Crippen molar-refractivity contribution < 1.29 is 4.74 Å². The zero-order chi connectivity index (χ0) is 10.9. The van der Waals surface area contributed by atoms with E-state index in [-0.39, 0.29) is 0 Å². The fraction of sp³-hybridized carbons (Fsp3) is 1.00. The van der Waals surface area contributed by atoms with Crippen molar-refractivity contribution in [2.75, 3.05) is 6.61 Å². The topological polar surface area (TPSA) is 9.23 Å². The van der Waals surface area contributed by atoms with Crippen LogP contribution in [-0.2, 0) is 4.74 Å². The van der Waals surface area contributed by atoms with Gasteiger partial charge in [-0.3, -0.25) is 0 Å². The van der Waals surface area contributed by atoms with Crippen LogP contribution in [0.2, 0.25) is 0 Å². The molecule has 0 aromatic heterocycles. The molecule has 0 N–H and O–H groups in total. The molecule has 0 amide bonds. The Hall–Kier alpha value is 0.250. The molecule has 2 aliphatic carbocycles. The number of alkyl halides is 1. The molecule has 0 aromatic carbocycles. The first-order valence-electron chi connectivity index (χ1n) is 6.41. The van der Waals surface area contributed by atoms with Gasteiger partial charge in [-0.2, -0.15) is 0 Å². The molecule has 2 saturated carbocycles. The monoisotopic (exact) mass is 230 g/mol. The fourth-order valence-corrected chi connectivity index (χ4v) is 3.57. The molecule has 2 fully saturated rings. The van der Waals surface area contributed by atoms with Crippen molar-refractivity contribution in [3.63, 3.8) is 0 Å². The second kappa shape index (κ2) is 4.63. The Kier molecular flexibility index (Phi) is 3.62. The first-order chi connectivity index (χ1) is 7.15. The van der Waals surface area contributed by atoms with Crippen LogP contribution in [-0.4, -0.2) is 18.1 Å². The minimum Gasteiger partial charge on any atom is -0.378 e. The molecule has 0 bridgehead atoms. The molecule has 0 heterocycles. The summed E-state index contributed by atoms with van der Waals surface area (Å²) in [7, 11) is 0. The van der Waals surface area contributed by atoms with Gasteiger partial charge in [-0.1, -0.05) is 26.7 Å². The third-order valence-electron chi connectivity index (χ3n) is 4.23. The minimum atomic E-state index is 0.374. The lowest BCUT2D eigenvalue weighted by Gasteiger charge is -2.51. The SMILES string of the molecule is CC(C)CCOC1CC(Cl)C12CCCC2. The molecule has 0 aliphatic heterocycles. The highest BCUT2D eigenvalue weighted by Crippen LogP contribution is 2.57. The van der Waals surface area contributed by atoms with E-state index in [0.717, 1.165) is 18.9 Å². The van der Waals surface area contributed by atoms with Gasteiger partial charge >= 0.3 is 0 Å². The van der Waals surface area contributed by atoms with Crippen LogP contribution in [0.15, 0.2) is 0 Å². The minimum absolute atomic E-state index is 0.374. The van der Waals surface area contributed by atoms with Gasteiger partial charge in [0.2, 0.25) is 0 Å². The number of ether oxygens (including phenoxy) is 1. The Morgan fingerprint density at radius 3 is 2.53 bits per heavy atom. The molecule has 2 unspecified atom stereocenters. The Morgan fingerprint density at radius 2 is 2.00 bits per heavy atom. The lowest BCUT2D eigenvalue weighted by molar-refractivity contribution is -0.106.